The Morgan fingerprint density at radius 2 is 2.33 bits per heavy atom. The van der Waals surface area contributed by atoms with Crippen molar-refractivity contribution in [2.75, 3.05) is 23.3 Å². The highest BCUT2D eigenvalue weighted by molar-refractivity contribution is 5.89. The zero-order valence-corrected chi connectivity index (χ0v) is 13.3. The van der Waals surface area contributed by atoms with Crippen molar-refractivity contribution >= 4 is 28.6 Å². The van der Waals surface area contributed by atoms with E-state index in [0.29, 0.717) is 23.3 Å². The number of hydrogen-bond acceptors (Lipinski definition) is 7. The molecule has 1 saturated heterocycles. The molecule has 2 atom stereocenters. The lowest BCUT2D eigenvalue weighted by Gasteiger charge is -2.20. The quantitative estimate of drug-likeness (QED) is 0.667. The lowest BCUT2D eigenvalue weighted by Crippen LogP contribution is -2.34. The molecular formula is C16H18N8. The zero-order chi connectivity index (χ0) is 16.3. The number of hydrogen-bond donors (Lipinski definition) is 3. The molecule has 1 aliphatic carbocycles. The Balaban J connectivity index is 1.56. The molecule has 24 heavy (non-hydrogen) atoms. The third-order valence-corrected chi connectivity index (χ3v) is 4.90. The van der Waals surface area contributed by atoms with Gasteiger partial charge in [0.1, 0.15) is 5.82 Å². The van der Waals surface area contributed by atoms with Gasteiger partial charge in [0.25, 0.3) is 0 Å². The maximum Gasteiger partial charge on any atom is 0.229 e. The normalized spacial score (nSPS) is 25.1. The number of piperidine rings is 1. The van der Waals surface area contributed by atoms with Gasteiger partial charge in [-0.05, 0) is 31.4 Å². The fourth-order valence-electron chi connectivity index (χ4n) is 3.47. The van der Waals surface area contributed by atoms with Crippen molar-refractivity contribution in [3.05, 3.63) is 30.1 Å². The first-order valence-corrected chi connectivity index (χ1v) is 8.06. The minimum absolute atomic E-state index is 0.0463. The SMILES string of the molecule is Cc1cc(Nc2nc(N3C[C@H]4C[C@@]4(N)C3)nc3ncccc23)n[nH]1. The lowest BCUT2D eigenvalue weighted by atomic mass is 10.3. The molecule has 8 nitrogen and oxygen atoms in total. The van der Waals surface area contributed by atoms with Gasteiger partial charge in [-0.15, -0.1) is 0 Å². The van der Waals surface area contributed by atoms with Crippen molar-refractivity contribution in [2.45, 2.75) is 18.9 Å². The summed E-state index contributed by atoms with van der Waals surface area (Å²) in [6, 6.07) is 5.77. The summed E-state index contributed by atoms with van der Waals surface area (Å²) < 4.78 is 0. The van der Waals surface area contributed by atoms with E-state index >= 15 is 0 Å². The minimum atomic E-state index is -0.0463. The summed E-state index contributed by atoms with van der Waals surface area (Å²) in [6.45, 7) is 3.67. The third kappa shape index (κ3) is 2.10. The van der Waals surface area contributed by atoms with Gasteiger partial charge < -0.3 is 16.0 Å². The molecule has 3 aromatic rings. The summed E-state index contributed by atoms with van der Waals surface area (Å²) in [5.41, 5.74) is 7.92. The second-order valence-corrected chi connectivity index (χ2v) is 6.82. The van der Waals surface area contributed by atoms with E-state index in [2.05, 4.69) is 30.4 Å². The largest absolute Gasteiger partial charge is 0.338 e. The van der Waals surface area contributed by atoms with Crippen LogP contribution in [-0.4, -0.2) is 43.8 Å². The highest BCUT2D eigenvalue weighted by Crippen LogP contribution is 2.48. The topological polar surface area (TPSA) is 109 Å². The number of aryl methyl sites for hydroxylation is 1. The number of rotatable bonds is 3. The zero-order valence-electron chi connectivity index (χ0n) is 13.3. The van der Waals surface area contributed by atoms with Crippen LogP contribution >= 0.6 is 0 Å². The summed E-state index contributed by atoms with van der Waals surface area (Å²) in [6.07, 6.45) is 2.85. The second kappa shape index (κ2) is 4.64. The van der Waals surface area contributed by atoms with Gasteiger partial charge in [-0.3, -0.25) is 5.10 Å². The standard InChI is InChI=1S/C16H18N8/c1-9-5-12(23-22-9)19-14-11-3-2-4-18-13(11)20-15(21-14)24-7-10-6-16(10,17)8-24/h2-5,10H,6-8,17H2,1H3,(H2,18,19,20,21,22,23)/t10-,16-/m1/s1. The first-order chi connectivity index (χ1) is 11.6. The molecule has 5 rings (SSSR count). The van der Waals surface area contributed by atoms with Crippen molar-refractivity contribution in [1.82, 2.24) is 25.1 Å². The maximum atomic E-state index is 6.31. The van der Waals surface area contributed by atoms with E-state index < -0.39 is 0 Å². The number of pyridine rings is 1. The van der Waals surface area contributed by atoms with E-state index in [1.165, 1.54) is 0 Å². The van der Waals surface area contributed by atoms with Gasteiger partial charge in [0.2, 0.25) is 5.95 Å². The Morgan fingerprint density at radius 1 is 1.42 bits per heavy atom. The average molecular weight is 322 g/mol. The van der Waals surface area contributed by atoms with E-state index in [0.717, 1.165) is 36.4 Å². The van der Waals surface area contributed by atoms with Gasteiger partial charge in [-0.1, -0.05) is 0 Å². The van der Waals surface area contributed by atoms with Crippen LogP contribution in [-0.2, 0) is 0 Å². The van der Waals surface area contributed by atoms with Gasteiger partial charge in [0.15, 0.2) is 11.5 Å². The molecule has 1 aliphatic heterocycles. The van der Waals surface area contributed by atoms with Crippen LogP contribution < -0.4 is 16.0 Å². The molecule has 4 heterocycles. The van der Waals surface area contributed by atoms with E-state index in [4.69, 9.17) is 10.7 Å². The van der Waals surface area contributed by atoms with Crippen LogP contribution in [0.15, 0.2) is 24.4 Å². The number of aromatic nitrogens is 5. The smallest absolute Gasteiger partial charge is 0.229 e. The highest BCUT2D eigenvalue weighted by Gasteiger charge is 2.57. The van der Waals surface area contributed by atoms with Crippen molar-refractivity contribution < 1.29 is 0 Å². The Hall–Kier alpha value is -2.74. The molecule has 4 N–H and O–H groups in total. The number of nitrogens with two attached hydrogens (primary N) is 1. The molecule has 0 bridgehead atoms. The van der Waals surface area contributed by atoms with Crippen LogP contribution in [0.2, 0.25) is 0 Å². The molecule has 122 valence electrons. The summed E-state index contributed by atoms with van der Waals surface area (Å²) in [7, 11) is 0. The number of anilines is 3. The first-order valence-electron chi connectivity index (χ1n) is 8.06. The van der Waals surface area contributed by atoms with Crippen LogP contribution in [0.1, 0.15) is 12.1 Å². The molecule has 0 unspecified atom stereocenters. The molecule has 0 aromatic carbocycles. The molecule has 3 aromatic heterocycles. The predicted octanol–water partition coefficient (Wildman–Crippen LogP) is 1.34. The maximum absolute atomic E-state index is 6.31. The number of nitrogens with zero attached hydrogens (tertiary/aromatic N) is 5. The molecular weight excluding hydrogens is 304 g/mol. The molecule has 0 radical (unpaired) electrons. The fraction of sp³-hybridized carbons (Fsp3) is 0.375. The molecule has 2 aliphatic rings. The number of fused-ring (bicyclic) bond motifs is 2. The second-order valence-electron chi connectivity index (χ2n) is 6.82. The Morgan fingerprint density at radius 3 is 3.08 bits per heavy atom. The highest BCUT2D eigenvalue weighted by atomic mass is 15.3. The summed E-state index contributed by atoms with van der Waals surface area (Å²) in [5.74, 6) is 2.67. The Kier molecular flexibility index (Phi) is 2.64. The summed E-state index contributed by atoms with van der Waals surface area (Å²) >= 11 is 0. The van der Waals surface area contributed by atoms with Gasteiger partial charge in [0.05, 0.1) is 5.39 Å². The lowest BCUT2D eigenvalue weighted by molar-refractivity contribution is 0.693. The van der Waals surface area contributed by atoms with Gasteiger partial charge >= 0.3 is 0 Å². The van der Waals surface area contributed by atoms with Gasteiger partial charge in [-0.2, -0.15) is 15.1 Å². The van der Waals surface area contributed by atoms with Crippen LogP contribution in [0.3, 0.4) is 0 Å². The Labute approximate surface area is 138 Å². The Bertz CT molecular complexity index is 935. The monoisotopic (exact) mass is 322 g/mol. The van der Waals surface area contributed by atoms with Gasteiger partial charge in [0, 0.05) is 36.6 Å². The molecule has 1 saturated carbocycles. The van der Waals surface area contributed by atoms with Crippen molar-refractivity contribution in [2.24, 2.45) is 11.7 Å². The van der Waals surface area contributed by atoms with Crippen LogP contribution in [0.25, 0.3) is 11.0 Å². The van der Waals surface area contributed by atoms with Gasteiger partial charge in [-0.25, -0.2) is 4.98 Å². The van der Waals surface area contributed by atoms with Crippen molar-refractivity contribution in [3.8, 4) is 0 Å². The summed E-state index contributed by atoms with van der Waals surface area (Å²) in [5, 5.41) is 11.3. The van der Waals surface area contributed by atoms with Crippen molar-refractivity contribution in [1.29, 1.82) is 0 Å². The number of aromatic amines is 1. The van der Waals surface area contributed by atoms with E-state index in [9.17, 15) is 0 Å². The third-order valence-electron chi connectivity index (χ3n) is 4.90. The van der Waals surface area contributed by atoms with E-state index in [1.54, 1.807) is 6.20 Å². The number of nitrogens with one attached hydrogen (secondary N) is 2. The molecule has 8 heteroatoms. The fourth-order valence-corrected chi connectivity index (χ4v) is 3.47. The van der Waals surface area contributed by atoms with E-state index in [1.807, 2.05) is 25.1 Å². The van der Waals surface area contributed by atoms with Crippen LogP contribution in [0.5, 0.6) is 0 Å². The van der Waals surface area contributed by atoms with Crippen molar-refractivity contribution in [3.63, 3.8) is 0 Å². The predicted molar refractivity (Wildman–Crippen MR) is 91.2 cm³/mol. The van der Waals surface area contributed by atoms with Crippen LogP contribution in [0.4, 0.5) is 17.6 Å². The molecule has 2 fully saturated rings. The van der Waals surface area contributed by atoms with E-state index in [-0.39, 0.29) is 5.54 Å². The van der Waals surface area contributed by atoms with Crippen LogP contribution in [0, 0.1) is 12.8 Å². The molecule has 0 amide bonds. The first kappa shape index (κ1) is 13.7. The average Bonchev–Trinajstić information content (AvgIpc) is 2.89. The molecule has 0 spiro atoms. The number of H-pyrrole nitrogens is 1. The summed E-state index contributed by atoms with van der Waals surface area (Å²) in [4.78, 5) is 15.9. The minimum Gasteiger partial charge on any atom is -0.338 e.